The number of esters is 1. The molecule has 0 N–H and O–H groups in total. The van der Waals surface area contributed by atoms with Crippen LogP contribution in [-0.2, 0) is 9.53 Å². The summed E-state index contributed by atoms with van der Waals surface area (Å²) in [6, 6.07) is 3.57. The van der Waals surface area contributed by atoms with Gasteiger partial charge in [-0.05, 0) is 18.2 Å². The lowest BCUT2D eigenvalue weighted by atomic mass is 10.1. The predicted molar refractivity (Wildman–Crippen MR) is 52.4 cm³/mol. The number of ether oxygens (including phenoxy) is 1. The normalized spacial score (nSPS) is 9.80. The van der Waals surface area contributed by atoms with Crippen molar-refractivity contribution in [3.8, 4) is 0 Å². The average molecular weight is 231 g/mol. The third kappa shape index (κ3) is 3.32. The monoisotopic (exact) mass is 230 g/mol. The zero-order chi connectivity index (χ0) is 11.4. The van der Waals surface area contributed by atoms with Gasteiger partial charge >= 0.3 is 5.97 Å². The van der Waals surface area contributed by atoms with Crippen molar-refractivity contribution in [2.45, 2.75) is 6.92 Å². The third-order valence-electron chi connectivity index (χ3n) is 1.65. The molecule has 0 unspecified atom stereocenters. The van der Waals surface area contributed by atoms with E-state index in [1.54, 1.807) is 0 Å². The molecule has 1 aromatic rings. The number of hydrogen-bond donors (Lipinski definition) is 0. The van der Waals surface area contributed by atoms with Gasteiger partial charge in [0, 0.05) is 12.5 Å². The molecular formula is C10H8ClFO3. The van der Waals surface area contributed by atoms with Crippen molar-refractivity contribution in [3.05, 3.63) is 34.6 Å². The Hall–Kier alpha value is -1.42. The van der Waals surface area contributed by atoms with Crippen molar-refractivity contribution in [3.63, 3.8) is 0 Å². The molecule has 0 aromatic heterocycles. The maximum absolute atomic E-state index is 12.7. The van der Waals surface area contributed by atoms with Crippen LogP contribution < -0.4 is 0 Å². The minimum Gasteiger partial charge on any atom is -0.457 e. The molecule has 3 nitrogen and oxygen atoms in total. The summed E-state index contributed by atoms with van der Waals surface area (Å²) in [6.07, 6.45) is 0. The Morgan fingerprint density at radius 1 is 1.47 bits per heavy atom. The van der Waals surface area contributed by atoms with Crippen molar-refractivity contribution in [2.75, 3.05) is 6.61 Å². The Morgan fingerprint density at radius 3 is 2.67 bits per heavy atom. The largest absolute Gasteiger partial charge is 0.457 e. The van der Waals surface area contributed by atoms with Crippen LogP contribution in [0.2, 0.25) is 5.02 Å². The molecule has 0 bridgehead atoms. The van der Waals surface area contributed by atoms with Crippen LogP contribution in [0.3, 0.4) is 0 Å². The lowest BCUT2D eigenvalue weighted by molar-refractivity contribution is -0.139. The van der Waals surface area contributed by atoms with Crippen LogP contribution in [-0.4, -0.2) is 18.4 Å². The molecule has 1 rings (SSSR count). The van der Waals surface area contributed by atoms with E-state index in [2.05, 4.69) is 4.74 Å². The summed E-state index contributed by atoms with van der Waals surface area (Å²) in [5.74, 6) is -1.57. The molecule has 80 valence electrons. The smallest absolute Gasteiger partial charge is 0.303 e. The molecule has 0 aliphatic rings. The average Bonchev–Trinajstić information content (AvgIpc) is 2.18. The molecule has 0 saturated carbocycles. The zero-order valence-electron chi connectivity index (χ0n) is 7.92. The number of rotatable bonds is 3. The molecule has 0 heterocycles. The number of benzene rings is 1. The fourth-order valence-electron chi connectivity index (χ4n) is 0.920. The van der Waals surface area contributed by atoms with Crippen LogP contribution in [0, 0.1) is 5.82 Å². The van der Waals surface area contributed by atoms with Crippen LogP contribution in [0.15, 0.2) is 18.2 Å². The Morgan fingerprint density at radius 2 is 2.13 bits per heavy atom. The maximum Gasteiger partial charge on any atom is 0.303 e. The van der Waals surface area contributed by atoms with Crippen molar-refractivity contribution in [1.82, 2.24) is 0 Å². The molecule has 0 fully saturated rings. The van der Waals surface area contributed by atoms with Gasteiger partial charge in [-0.25, -0.2) is 4.39 Å². The van der Waals surface area contributed by atoms with Gasteiger partial charge < -0.3 is 4.74 Å². The van der Waals surface area contributed by atoms with Gasteiger partial charge in [-0.3, -0.25) is 9.59 Å². The molecule has 0 atom stereocenters. The Labute approximate surface area is 90.8 Å². The van der Waals surface area contributed by atoms with Crippen LogP contribution >= 0.6 is 11.6 Å². The summed E-state index contributed by atoms with van der Waals surface area (Å²) in [7, 11) is 0. The van der Waals surface area contributed by atoms with Gasteiger partial charge in [-0.1, -0.05) is 11.6 Å². The van der Waals surface area contributed by atoms with E-state index >= 15 is 0 Å². The van der Waals surface area contributed by atoms with Gasteiger partial charge in [0.25, 0.3) is 0 Å². The van der Waals surface area contributed by atoms with E-state index in [0.717, 1.165) is 6.07 Å². The van der Waals surface area contributed by atoms with Gasteiger partial charge in [0.15, 0.2) is 12.4 Å². The first kappa shape index (κ1) is 11.7. The second kappa shape index (κ2) is 4.89. The number of carbonyl (C=O) groups excluding carboxylic acids is 2. The molecule has 5 heteroatoms. The quantitative estimate of drug-likeness (QED) is 0.591. The molecule has 0 radical (unpaired) electrons. The number of Topliss-reactive ketones (excluding diaryl/α,β-unsaturated/α-hetero) is 1. The lowest BCUT2D eigenvalue weighted by Gasteiger charge is -2.02. The van der Waals surface area contributed by atoms with Gasteiger partial charge in [0.2, 0.25) is 0 Å². The van der Waals surface area contributed by atoms with E-state index in [0.29, 0.717) is 0 Å². The highest BCUT2D eigenvalue weighted by atomic mass is 35.5. The summed E-state index contributed by atoms with van der Waals surface area (Å²) in [5.41, 5.74) is 0.211. The van der Waals surface area contributed by atoms with Crippen LogP contribution in [0.5, 0.6) is 0 Å². The molecule has 15 heavy (non-hydrogen) atoms. The lowest BCUT2D eigenvalue weighted by Crippen LogP contribution is -2.11. The van der Waals surface area contributed by atoms with E-state index in [1.807, 2.05) is 0 Å². The van der Waals surface area contributed by atoms with Gasteiger partial charge in [-0.2, -0.15) is 0 Å². The number of hydrogen-bond acceptors (Lipinski definition) is 3. The number of ketones is 1. The standard InChI is InChI=1S/C10H8ClFO3/c1-6(13)15-5-10(14)7-2-3-9(12)8(11)4-7/h2-4H,5H2,1H3. The molecular weight excluding hydrogens is 223 g/mol. The topological polar surface area (TPSA) is 43.4 Å². The second-order valence-corrected chi connectivity index (χ2v) is 3.24. The molecule has 0 aliphatic carbocycles. The fourth-order valence-corrected chi connectivity index (χ4v) is 1.10. The second-order valence-electron chi connectivity index (χ2n) is 2.83. The van der Waals surface area contributed by atoms with Crippen LogP contribution in [0.4, 0.5) is 4.39 Å². The van der Waals surface area contributed by atoms with Gasteiger partial charge in [-0.15, -0.1) is 0 Å². The van der Waals surface area contributed by atoms with E-state index in [9.17, 15) is 14.0 Å². The van der Waals surface area contributed by atoms with Gasteiger partial charge in [0.05, 0.1) is 5.02 Å². The Balaban J connectivity index is 2.74. The summed E-state index contributed by atoms with van der Waals surface area (Å²) in [5, 5.41) is -0.135. The number of halogens is 2. The SMILES string of the molecule is CC(=O)OCC(=O)c1ccc(F)c(Cl)c1. The minimum absolute atomic E-state index is 0.135. The molecule has 0 saturated heterocycles. The molecule has 1 aromatic carbocycles. The molecule has 0 spiro atoms. The first-order valence-electron chi connectivity index (χ1n) is 4.12. The van der Waals surface area contributed by atoms with E-state index in [4.69, 9.17) is 11.6 Å². The van der Waals surface area contributed by atoms with Crippen molar-refractivity contribution in [1.29, 1.82) is 0 Å². The van der Waals surface area contributed by atoms with Crippen molar-refractivity contribution >= 4 is 23.4 Å². The molecule has 0 amide bonds. The van der Waals surface area contributed by atoms with E-state index in [1.165, 1.54) is 19.1 Å². The highest BCUT2D eigenvalue weighted by Crippen LogP contribution is 2.16. The number of carbonyl (C=O) groups is 2. The third-order valence-corrected chi connectivity index (χ3v) is 1.94. The maximum atomic E-state index is 12.7. The summed E-state index contributed by atoms with van der Waals surface area (Å²) in [4.78, 5) is 21.8. The Bertz CT molecular complexity index is 404. The van der Waals surface area contributed by atoms with Crippen LogP contribution in [0.25, 0.3) is 0 Å². The predicted octanol–water partition coefficient (Wildman–Crippen LogP) is 2.22. The van der Waals surface area contributed by atoms with Crippen LogP contribution in [0.1, 0.15) is 17.3 Å². The van der Waals surface area contributed by atoms with Crippen molar-refractivity contribution in [2.24, 2.45) is 0 Å². The summed E-state index contributed by atoms with van der Waals surface area (Å²) in [6.45, 7) is 0.836. The van der Waals surface area contributed by atoms with E-state index < -0.39 is 17.6 Å². The first-order chi connectivity index (χ1) is 7.00. The fraction of sp³-hybridized carbons (Fsp3) is 0.200. The zero-order valence-corrected chi connectivity index (χ0v) is 8.68. The Kier molecular flexibility index (Phi) is 3.80. The van der Waals surface area contributed by atoms with Gasteiger partial charge in [0.1, 0.15) is 5.82 Å². The highest BCUT2D eigenvalue weighted by Gasteiger charge is 2.09. The van der Waals surface area contributed by atoms with Crippen molar-refractivity contribution < 1.29 is 18.7 Å². The van der Waals surface area contributed by atoms with E-state index in [-0.39, 0.29) is 17.2 Å². The summed E-state index contributed by atoms with van der Waals surface area (Å²) >= 11 is 5.49. The highest BCUT2D eigenvalue weighted by molar-refractivity contribution is 6.31. The minimum atomic E-state index is -0.597. The first-order valence-corrected chi connectivity index (χ1v) is 4.50. The molecule has 0 aliphatic heterocycles. The summed E-state index contributed by atoms with van der Waals surface area (Å²) < 4.78 is 17.3.